The van der Waals surface area contributed by atoms with Crippen molar-refractivity contribution in [1.29, 1.82) is 0 Å². The molecule has 0 N–H and O–H groups in total. The predicted molar refractivity (Wildman–Crippen MR) is 125 cm³/mol. The van der Waals surface area contributed by atoms with Gasteiger partial charge >= 0.3 is 0 Å². The summed E-state index contributed by atoms with van der Waals surface area (Å²) in [7, 11) is 0. The van der Waals surface area contributed by atoms with E-state index in [4.69, 9.17) is 11.6 Å². The molecule has 0 atom stereocenters. The van der Waals surface area contributed by atoms with E-state index in [2.05, 4.69) is 21.2 Å². The van der Waals surface area contributed by atoms with Gasteiger partial charge in [-0.25, -0.2) is 9.67 Å². The molecule has 1 saturated heterocycles. The minimum absolute atomic E-state index is 0.0107. The number of nitrogens with zero attached hydrogens (tertiary/aromatic N) is 6. The van der Waals surface area contributed by atoms with Crippen LogP contribution >= 0.6 is 11.6 Å². The Labute approximate surface area is 191 Å². The van der Waals surface area contributed by atoms with E-state index in [9.17, 15) is 4.79 Å². The first kappa shape index (κ1) is 20.5. The third-order valence-electron chi connectivity index (χ3n) is 5.65. The molecule has 0 bridgehead atoms. The van der Waals surface area contributed by atoms with Gasteiger partial charge in [0.25, 0.3) is 0 Å². The van der Waals surface area contributed by atoms with Crippen molar-refractivity contribution >= 4 is 29.2 Å². The lowest BCUT2D eigenvalue weighted by Crippen LogP contribution is -2.47. The first-order valence-corrected chi connectivity index (χ1v) is 11.0. The van der Waals surface area contributed by atoms with Crippen molar-refractivity contribution in [2.75, 3.05) is 26.2 Å². The highest BCUT2D eigenvalue weighted by Crippen LogP contribution is 2.19. The van der Waals surface area contributed by atoms with Crippen LogP contribution in [0.2, 0.25) is 5.15 Å². The molecular formula is C24H23ClN6O. The molecule has 4 heterocycles. The van der Waals surface area contributed by atoms with Gasteiger partial charge in [0.1, 0.15) is 5.65 Å². The monoisotopic (exact) mass is 446 g/mol. The number of hydrogen-bond acceptors (Lipinski definition) is 4. The molecule has 32 heavy (non-hydrogen) atoms. The fourth-order valence-corrected chi connectivity index (χ4v) is 4.18. The minimum atomic E-state index is -0.0107. The number of carbonyl (C=O) groups is 1. The number of benzene rings is 1. The average Bonchev–Trinajstić information content (AvgIpc) is 3.42. The van der Waals surface area contributed by atoms with E-state index >= 15 is 0 Å². The first-order valence-electron chi connectivity index (χ1n) is 10.6. The van der Waals surface area contributed by atoms with Crippen molar-refractivity contribution < 1.29 is 4.79 Å². The second-order valence-corrected chi connectivity index (χ2v) is 8.14. The molecule has 162 valence electrons. The number of amides is 1. The average molecular weight is 447 g/mol. The third-order valence-corrected chi connectivity index (χ3v) is 5.93. The second kappa shape index (κ2) is 8.98. The van der Waals surface area contributed by atoms with Crippen LogP contribution < -0.4 is 0 Å². The normalized spacial score (nSPS) is 15.1. The molecule has 1 amide bonds. The molecule has 1 aromatic carbocycles. The van der Waals surface area contributed by atoms with Crippen molar-refractivity contribution in [1.82, 2.24) is 29.0 Å². The third kappa shape index (κ3) is 4.30. The van der Waals surface area contributed by atoms with Crippen LogP contribution in [0.5, 0.6) is 0 Å². The summed E-state index contributed by atoms with van der Waals surface area (Å²) < 4.78 is 3.77. The van der Waals surface area contributed by atoms with Crippen molar-refractivity contribution in [3.05, 3.63) is 89.6 Å². The minimum Gasteiger partial charge on any atom is -0.337 e. The van der Waals surface area contributed by atoms with Gasteiger partial charge in [0.15, 0.2) is 5.15 Å². The highest BCUT2D eigenvalue weighted by atomic mass is 35.5. The molecule has 1 fully saturated rings. The summed E-state index contributed by atoms with van der Waals surface area (Å²) in [5.41, 5.74) is 3.68. The summed E-state index contributed by atoms with van der Waals surface area (Å²) in [4.78, 5) is 21.2. The van der Waals surface area contributed by atoms with Crippen LogP contribution in [0, 0.1) is 0 Å². The van der Waals surface area contributed by atoms with Crippen LogP contribution in [0.15, 0.2) is 73.2 Å². The first-order chi connectivity index (χ1) is 15.7. The Morgan fingerprint density at radius 1 is 1.03 bits per heavy atom. The Kier molecular flexibility index (Phi) is 5.75. The number of rotatable bonds is 5. The van der Waals surface area contributed by atoms with Gasteiger partial charge in [0.2, 0.25) is 5.91 Å². The van der Waals surface area contributed by atoms with E-state index in [1.807, 2.05) is 74.9 Å². The molecule has 1 aliphatic heterocycles. The molecule has 3 aromatic heterocycles. The fraction of sp³-hybridized carbons (Fsp3) is 0.208. The van der Waals surface area contributed by atoms with Crippen LogP contribution in [0.1, 0.15) is 11.3 Å². The Bertz CT molecular complexity index is 1250. The van der Waals surface area contributed by atoms with E-state index in [1.54, 1.807) is 12.2 Å². The van der Waals surface area contributed by atoms with Crippen LogP contribution in [0.3, 0.4) is 0 Å². The molecule has 0 spiro atoms. The molecule has 1 aliphatic rings. The van der Waals surface area contributed by atoms with E-state index in [0.29, 0.717) is 23.9 Å². The summed E-state index contributed by atoms with van der Waals surface area (Å²) in [6, 6.07) is 15.8. The molecule has 4 aromatic rings. The zero-order valence-corrected chi connectivity index (χ0v) is 18.3. The lowest BCUT2D eigenvalue weighted by molar-refractivity contribution is -0.127. The zero-order valence-electron chi connectivity index (χ0n) is 17.5. The number of imidazole rings is 1. The molecule has 8 heteroatoms. The molecule has 0 saturated carbocycles. The number of fused-ring (bicyclic) bond motifs is 1. The zero-order chi connectivity index (χ0) is 21.9. The predicted octanol–water partition coefficient (Wildman–Crippen LogP) is 3.53. The van der Waals surface area contributed by atoms with Gasteiger partial charge in [-0.1, -0.05) is 35.9 Å². The van der Waals surface area contributed by atoms with Crippen molar-refractivity contribution in [3.8, 4) is 5.69 Å². The van der Waals surface area contributed by atoms with E-state index in [-0.39, 0.29) is 5.91 Å². The van der Waals surface area contributed by atoms with Gasteiger partial charge in [-0.2, -0.15) is 5.10 Å². The summed E-state index contributed by atoms with van der Waals surface area (Å²) in [5, 5.41) is 4.86. The quantitative estimate of drug-likeness (QED) is 0.440. The topological polar surface area (TPSA) is 58.7 Å². The lowest BCUT2D eigenvalue weighted by atomic mass is 10.2. The van der Waals surface area contributed by atoms with Gasteiger partial charge in [-0.05, 0) is 30.3 Å². The van der Waals surface area contributed by atoms with Gasteiger partial charge < -0.3 is 4.90 Å². The summed E-state index contributed by atoms with van der Waals surface area (Å²) in [6.07, 6.45) is 9.19. The molecule has 5 rings (SSSR count). The van der Waals surface area contributed by atoms with Gasteiger partial charge in [0, 0.05) is 56.8 Å². The smallest absolute Gasteiger partial charge is 0.246 e. The van der Waals surface area contributed by atoms with Crippen molar-refractivity contribution in [3.63, 3.8) is 0 Å². The summed E-state index contributed by atoms with van der Waals surface area (Å²) in [5.74, 6) is -0.0107. The number of piperazine rings is 1. The van der Waals surface area contributed by atoms with Crippen LogP contribution in [0.25, 0.3) is 17.4 Å². The standard InChI is InChI=1S/C24H23ClN6O/c25-24-21(30-11-5-4-8-22(30)27-24)9-10-23(32)29-14-12-28(13-15-29)17-19-16-26-31(18-19)20-6-2-1-3-7-20/h1-11,16,18H,12-15,17H2/b10-9+. The maximum Gasteiger partial charge on any atom is 0.246 e. The van der Waals surface area contributed by atoms with E-state index in [0.717, 1.165) is 36.5 Å². The van der Waals surface area contributed by atoms with Gasteiger partial charge in [-0.3, -0.25) is 14.1 Å². The molecule has 0 unspecified atom stereocenters. The fourth-order valence-electron chi connectivity index (χ4n) is 3.94. The number of halogens is 1. The van der Waals surface area contributed by atoms with Crippen LogP contribution in [-0.4, -0.2) is 61.1 Å². The van der Waals surface area contributed by atoms with Gasteiger partial charge in [0.05, 0.1) is 17.6 Å². The number of aromatic nitrogens is 4. The SMILES string of the molecule is O=C(/C=C/c1c(Cl)nc2ccccn12)N1CCN(Cc2cnn(-c3ccccc3)c2)CC1. The van der Waals surface area contributed by atoms with Crippen molar-refractivity contribution in [2.24, 2.45) is 0 Å². The molecule has 7 nitrogen and oxygen atoms in total. The van der Waals surface area contributed by atoms with E-state index < -0.39 is 0 Å². The molecule has 0 aliphatic carbocycles. The molecular weight excluding hydrogens is 424 g/mol. The Balaban J connectivity index is 1.17. The Morgan fingerprint density at radius 2 is 1.81 bits per heavy atom. The van der Waals surface area contributed by atoms with Crippen LogP contribution in [-0.2, 0) is 11.3 Å². The lowest BCUT2D eigenvalue weighted by Gasteiger charge is -2.34. The van der Waals surface area contributed by atoms with Crippen LogP contribution in [0.4, 0.5) is 0 Å². The maximum absolute atomic E-state index is 12.7. The Hall–Kier alpha value is -3.42. The second-order valence-electron chi connectivity index (χ2n) is 7.78. The highest BCUT2D eigenvalue weighted by Gasteiger charge is 2.20. The van der Waals surface area contributed by atoms with Gasteiger partial charge in [-0.15, -0.1) is 0 Å². The maximum atomic E-state index is 12.7. The van der Waals surface area contributed by atoms with Crippen molar-refractivity contribution in [2.45, 2.75) is 6.54 Å². The number of hydrogen-bond donors (Lipinski definition) is 0. The highest BCUT2D eigenvalue weighted by molar-refractivity contribution is 6.31. The largest absolute Gasteiger partial charge is 0.337 e. The number of carbonyl (C=O) groups excluding carboxylic acids is 1. The van der Waals surface area contributed by atoms with E-state index in [1.165, 1.54) is 0 Å². The molecule has 0 radical (unpaired) electrons. The number of para-hydroxylation sites is 1. The Morgan fingerprint density at radius 3 is 2.62 bits per heavy atom. The summed E-state index contributed by atoms with van der Waals surface area (Å²) >= 11 is 6.25. The summed E-state index contributed by atoms with van der Waals surface area (Å²) in [6.45, 7) is 3.86. The number of pyridine rings is 1.